The number of carbonyl (C=O) groups is 1. The summed E-state index contributed by atoms with van der Waals surface area (Å²) >= 11 is 0. The summed E-state index contributed by atoms with van der Waals surface area (Å²) in [7, 11) is 0. The Labute approximate surface area is 165 Å². The summed E-state index contributed by atoms with van der Waals surface area (Å²) < 4.78 is 7.97. The zero-order valence-electron chi connectivity index (χ0n) is 16.1. The first-order valence-corrected chi connectivity index (χ1v) is 10.2. The molecule has 1 aliphatic carbocycles. The summed E-state index contributed by atoms with van der Waals surface area (Å²) in [5.41, 5.74) is 0.679. The molecule has 0 bridgehead atoms. The van der Waals surface area contributed by atoms with Crippen LogP contribution in [0.15, 0.2) is 60.9 Å². The molecule has 1 aliphatic rings. The van der Waals surface area contributed by atoms with Crippen molar-refractivity contribution < 1.29 is 14.6 Å². The third kappa shape index (κ3) is 4.45. The molecule has 4 heteroatoms. The summed E-state index contributed by atoms with van der Waals surface area (Å²) in [5.74, 6) is 1.01. The molecule has 146 valence electrons. The van der Waals surface area contributed by atoms with E-state index >= 15 is 0 Å². The molecular weight excluding hydrogens is 350 g/mol. The lowest BCUT2D eigenvalue weighted by Gasteiger charge is -2.27. The minimum Gasteiger partial charge on any atom is -0.493 e. The first kappa shape index (κ1) is 18.8. The fourth-order valence-electron chi connectivity index (χ4n) is 3.99. The number of aliphatic hydroxyl groups is 1. The number of aromatic nitrogens is 1. The predicted octanol–water partition coefficient (Wildman–Crippen LogP) is 4.84. The molecule has 2 atom stereocenters. The van der Waals surface area contributed by atoms with Gasteiger partial charge in [-0.15, -0.1) is 0 Å². The van der Waals surface area contributed by atoms with E-state index in [4.69, 9.17) is 4.74 Å². The Bertz CT molecular complexity index is 913. The average molecular weight is 377 g/mol. The number of fused-ring (bicyclic) bond motifs is 1. The number of benzene rings is 2. The number of rotatable bonds is 7. The van der Waals surface area contributed by atoms with Crippen molar-refractivity contribution in [3.8, 4) is 5.75 Å². The molecular formula is C24H27NO3. The number of nitrogens with zero attached hydrogens (tertiary/aromatic N) is 1. The lowest BCUT2D eigenvalue weighted by atomic mass is 9.87. The van der Waals surface area contributed by atoms with Crippen LogP contribution in [0.3, 0.4) is 0 Å². The molecule has 0 saturated heterocycles. The number of Topliss-reactive ketones (excluding diaryl/α,β-unsaturated/α-hetero) is 1. The number of ketones is 1. The van der Waals surface area contributed by atoms with Gasteiger partial charge in [0, 0.05) is 36.8 Å². The molecule has 0 spiro atoms. The number of aryl methyl sites for hydroxylation is 1. The fourth-order valence-corrected chi connectivity index (χ4v) is 3.99. The first-order valence-electron chi connectivity index (χ1n) is 10.2. The van der Waals surface area contributed by atoms with Gasteiger partial charge in [-0.1, -0.05) is 49.2 Å². The van der Waals surface area contributed by atoms with Gasteiger partial charge in [0.05, 0.1) is 12.7 Å². The van der Waals surface area contributed by atoms with Crippen molar-refractivity contribution in [1.82, 2.24) is 4.57 Å². The van der Waals surface area contributed by atoms with Crippen LogP contribution >= 0.6 is 0 Å². The van der Waals surface area contributed by atoms with Gasteiger partial charge in [-0.2, -0.15) is 0 Å². The Morgan fingerprint density at radius 2 is 1.79 bits per heavy atom. The second-order valence-corrected chi connectivity index (χ2v) is 7.75. The molecule has 1 aromatic heterocycles. The summed E-state index contributed by atoms with van der Waals surface area (Å²) in [6.45, 7) is 1.17. The SMILES string of the molecule is O=C(CCn1cc2ccccc2c1)c1cccc(OC[C@@H]2CCCC[C@@H]2O)c1. The highest BCUT2D eigenvalue weighted by molar-refractivity contribution is 5.96. The zero-order chi connectivity index (χ0) is 19.3. The maximum Gasteiger partial charge on any atom is 0.164 e. The summed E-state index contributed by atoms with van der Waals surface area (Å²) in [6, 6.07) is 15.6. The van der Waals surface area contributed by atoms with Gasteiger partial charge >= 0.3 is 0 Å². The standard InChI is InChI=1S/C24H27NO3/c26-23-11-4-3-8-21(23)17-28-22-10-5-9-18(14-22)24(27)12-13-25-15-19-6-1-2-7-20(19)16-25/h1-2,5-7,9-10,14-16,21,23,26H,3-4,8,11-13,17H2/t21-,23-/m0/s1. The summed E-state index contributed by atoms with van der Waals surface area (Å²) in [4.78, 5) is 12.6. The Morgan fingerprint density at radius 1 is 1.04 bits per heavy atom. The Hall–Kier alpha value is -2.59. The number of ether oxygens (including phenoxy) is 1. The molecule has 0 radical (unpaired) electrons. The molecule has 0 aliphatic heterocycles. The van der Waals surface area contributed by atoms with Gasteiger partial charge in [-0.05, 0) is 35.7 Å². The van der Waals surface area contributed by atoms with E-state index in [-0.39, 0.29) is 17.8 Å². The maximum absolute atomic E-state index is 12.6. The highest BCUT2D eigenvalue weighted by Gasteiger charge is 2.23. The molecule has 0 unspecified atom stereocenters. The van der Waals surface area contributed by atoms with Gasteiger partial charge in [-0.25, -0.2) is 0 Å². The van der Waals surface area contributed by atoms with Crippen LogP contribution < -0.4 is 4.74 Å². The lowest BCUT2D eigenvalue weighted by molar-refractivity contribution is 0.0422. The maximum atomic E-state index is 12.6. The third-order valence-electron chi connectivity index (χ3n) is 5.69. The van der Waals surface area contributed by atoms with E-state index < -0.39 is 0 Å². The van der Waals surface area contributed by atoms with Crippen molar-refractivity contribution in [2.75, 3.05) is 6.61 Å². The van der Waals surface area contributed by atoms with Crippen LogP contribution in [0.4, 0.5) is 0 Å². The van der Waals surface area contributed by atoms with Crippen molar-refractivity contribution in [2.24, 2.45) is 5.92 Å². The second kappa shape index (κ2) is 8.61. The Kier molecular flexibility index (Phi) is 5.77. The van der Waals surface area contributed by atoms with Crippen molar-refractivity contribution in [3.05, 3.63) is 66.5 Å². The van der Waals surface area contributed by atoms with Crippen molar-refractivity contribution in [3.63, 3.8) is 0 Å². The van der Waals surface area contributed by atoms with Gasteiger partial charge in [-0.3, -0.25) is 4.79 Å². The van der Waals surface area contributed by atoms with Crippen LogP contribution in [0.5, 0.6) is 5.75 Å². The topological polar surface area (TPSA) is 51.5 Å². The molecule has 1 N–H and O–H groups in total. The number of hydrogen-bond acceptors (Lipinski definition) is 3. The van der Waals surface area contributed by atoms with E-state index in [1.807, 2.05) is 36.4 Å². The first-order chi connectivity index (χ1) is 13.7. The van der Waals surface area contributed by atoms with E-state index in [0.29, 0.717) is 30.9 Å². The normalized spacial score (nSPS) is 19.6. The molecule has 4 rings (SSSR count). The van der Waals surface area contributed by atoms with E-state index in [1.54, 1.807) is 0 Å². The predicted molar refractivity (Wildman–Crippen MR) is 111 cm³/mol. The Balaban J connectivity index is 1.34. The van der Waals surface area contributed by atoms with Crippen LogP contribution in [-0.2, 0) is 6.54 Å². The smallest absolute Gasteiger partial charge is 0.164 e. The minimum atomic E-state index is -0.268. The van der Waals surface area contributed by atoms with E-state index in [9.17, 15) is 9.90 Å². The van der Waals surface area contributed by atoms with Gasteiger partial charge < -0.3 is 14.4 Å². The molecule has 1 heterocycles. The minimum absolute atomic E-state index is 0.112. The molecule has 2 aromatic carbocycles. The van der Waals surface area contributed by atoms with Crippen LogP contribution in [-0.4, -0.2) is 28.2 Å². The van der Waals surface area contributed by atoms with Gasteiger partial charge in [0.1, 0.15) is 5.75 Å². The molecule has 3 aromatic rings. The molecule has 1 saturated carbocycles. The van der Waals surface area contributed by atoms with Crippen LogP contribution in [0.25, 0.3) is 10.8 Å². The van der Waals surface area contributed by atoms with E-state index in [0.717, 1.165) is 25.7 Å². The third-order valence-corrected chi connectivity index (χ3v) is 5.69. The number of carbonyl (C=O) groups excluding carboxylic acids is 1. The molecule has 4 nitrogen and oxygen atoms in total. The van der Waals surface area contributed by atoms with E-state index in [2.05, 4.69) is 29.1 Å². The van der Waals surface area contributed by atoms with E-state index in [1.165, 1.54) is 10.8 Å². The molecule has 28 heavy (non-hydrogen) atoms. The monoisotopic (exact) mass is 377 g/mol. The second-order valence-electron chi connectivity index (χ2n) is 7.75. The quantitative estimate of drug-likeness (QED) is 0.599. The molecule has 1 fully saturated rings. The average Bonchev–Trinajstić information content (AvgIpc) is 3.15. The van der Waals surface area contributed by atoms with Crippen molar-refractivity contribution >= 4 is 16.6 Å². The highest BCUT2D eigenvalue weighted by atomic mass is 16.5. The van der Waals surface area contributed by atoms with Crippen LogP contribution in [0.2, 0.25) is 0 Å². The van der Waals surface area contributed by atoms with Crippen LogP contribution in [0, 0.1) is 5.92 Å². The van der Waals surface area contributed by atoms with Crippen molar-refractivity contribution in [1.29, 1.82) is 0 Å². The highest BCUT2D eigenvalue weighted by Crippen LogP contribution is 2.25. The largest absolute Gasteiger partial charge is 0.493 e. The zero-order valence-corrected chi connectivity index (χ0v) is 16.1. The van der Waals surface area contributed by atoms with Crippen LogP contribution in [0.1, 0.15) is 42.5 Å². The number of hydrogen-bond donors (Lipinski definition) is 1. The van der Waals surface area contributed by atoms with Gasteiger partial charge in [0.15, 0.2) is 5.78 Å². The number of aliphatic hydroxyl groups excluding tert-OH is 1. The van der Waals surface area contributed by atoms with Crippen molar-refractivity contribution in [2.45, 2.75) is 44.8 Å². The molecule has 0 amide bonds. The summed E-state index contributed by atoms with van der Waals surface area (Å²) in [6.07, 6.45) is 8.46. The lowest BCUT2D eigenvalue weighted by Crippen LogP contribution is -2.29. The van der Waals surface area contributed by atoms with Gasteiger partial charge in [0.25, 0.3) is 0 Å². The summed E-state index contributed by atoms with van der Waals surface area (Å²) in [5, 5.41) is 12.5. The Morgan fingerprint density at radius 3 is 2.54 bits per heavy atom. The fraction of sp³-hybridized carbons (Fsp3) is 0.375. The van der Waals surface area contributed by atoms with Gasteiger partial charge in [0.2, 0.25) is 0 Å².